The Balaban J connectivity index is 2.23. The van der Waals surface area contributed by atoms with Gasteiger partial charge in [-0.15, -0.1) is 0 Å². The first-order valence-corrected chi connectivity index (χ1v) is 7.59. The lowest BCUT2D eigenvalue weighted by Gasteiger charge is -2.37. The molecule has 2 heteroatoms. The van der Waals surface area contributed by atoms with Gasteiger partial charge in [-0.3, -0.25) is 0 Å². The highest BCUT2D eigenvalue weighted by Crippen LogP contribution is 2.37. The normalized spacial score (nSPS) is 20.2. The number of benzene rings is 1. The third-order valence-electron chi connectivity index (χ3n) is 4.81. The Kier molecular flexibility index (Phi) is 5.00. The molecule has 1 atom stereocenters. The average molecular weight is 261 g/mol. The lowest BCUT2D eigenvalue weighted by atomic mass is 9.70. The molecule has 1 fully saturated rings. The minimum Gasteiger partial charge on any atom is -0.395 e. The van der Waals surface area contributed by atoms with Gasteiger partial charge in [0.15, 0.2) is 0 Å². The molecule has 19 heavy (non-hydrogen) atoms. The number of aliphatic hydroxyl groups excluding tert-OH is 1. The largest absolute Gasteiger partial charge is 0.395 e. The molecule has 2 nitrogen and oxygen atoms in total. The second-order valence-corrected chi connectivity index (χ2v) is 6.17. The zero-order valence-corrected chi connectivity index (χ0v) is 12.1. The van der Waals surface area contributed by atoms with Gasteiger partial charge in [-0.25, -0.2) is 0 Å². The second kappa shape index (κ2) is 6.53. The monoisotopic (exact) mass is 261 g/mol. The Morgan fingerprint density at radius 2 is 1.89 bits per heavy atom. The minimum atomic E-state index is -0.243. The molecule has 2 rings (SSSR count). The van der Waals surface area contributed by atoms with Crippen molar-refractivity contribution in [1.29, 1.82) is 0 Å². The number of aryl methyl sites for hydroxylation is 1. The summed E-state index contributed by atoms with van der Waals surface area (Å²) in [4.78, 5) is 0. The van der Waals surface area contributed by atoms with Crippen LogP contribution in [0.25, 0.3) is 0 Å². The molecule has 0 amide bonds. The Morgan fingerprint density at radius 1 is 1.21 bits per heavy atom. The van der Waals surface area contributed by atoms with Gasteiger partial charge in [0, 0.05) is 12.0 Å². The number of nitrogens with two attached hydrogens (primary N) is 1. The molecule has 0 bridgehead atoms. The van der Waals surface area contributed by atoms with Crippen molar-refractivity contribution in [3.8, 4) is 0 Å². The van der Waals surface area contributed by atoms with E-state index in [1.54, 1.807) is 0 Å². The Hall–Kier alpha value is -0.860. The van der Waals surface area contributed by atoms with Crippen LogP contribution in [0.2, 0.25) is 0 Å². The van der Waals surface area contributed by atoms with Crippen LogP contribution < -0.4 is 5.73 Å². The average Bonchev–Trinajstić information content (AvgIpc) is 2.47. The van der Waals surface area contributed by atoms with Gasteiger partial charge >= 0.3 is 0 Å². The fraction of sp³-hybridized carbons (Fsp3) is 0.647. The summed E-state index contributed by atoms with van der Waals surface area (Å²) in [6.07, 6.45) is 7.68. The fourth-order valence-corrected chi connectivity index (χ4v) is 3.63. The van der Waals surface area contributed by atoms with Crippen molar-refractivity contribution in [1.82, 2.24) is 0 Å². The van der Waals surface area contributed by atoms with E-state index in [4.69, 9.17) is 5.73 Å². The van der Waals surface area contributed by atoms with Gasteiger partial charge in [0.2, 0.25) is 0 Å². The minimum absolute atomic E-state index is 0.158. The topological polar surface area (TPSA) is 46.2 Å². The molecule has 1 aromatic carbocycles. The van der Waals surface area contributed by atoms with Crippen molar-refractivity contribution < 1.29 is 5.11 Å². The molecule has 0 aromatic heterocycles. The van der Waals surface area contributed by atoms with Gasteiger partial charge in [0.1, 0.15) is 0 Å². The highest BCUT2D eigenvalue weighted by atomic mass is 16.3. The van der Waals surface area contributed by atoms with Gasteiger partial charge in [0.05, 0.1) is 6.61 Å². The van der Waals surface area contributed by atoms with E-state index in [-0.39, 0.29) is 12.0 Å². The van der Waals surface area contributed by atoms with E-state index < -0.39 is 0 Å². The van der Waals surface area contributed by atoms with E-state index >= 15 is 0 Å². The third kappa shape index (κ3) is 3.18. The molecular formula is C17H27NO. The van der Waals surface area contributed by atoms with Crippen molar-refractivity contribution in [2.75, 3.05) is 13.2 Å². The zero-order valence-electron chi connectivity index (χ0n) is 12.1. The fourth-order valence-electron chi connectivity index (χ4n) is 3.63. The molecule has 3 N–H and O–H groups in total. The molecule has 1 unspecified atom stereocenters. The van der Waals surface area contributed by atoms with E-state index in [1.807, 2.05) is 0 Å². The molecule has 1 aliphatic carbocycles. The Labute approximate surface area is 117 Å². The van der Waals surface area contributed by atoms with Crippen LogP contribution in [0.15, 0.2) is 24.3 Å². The van der Waals surface area contributed by atoms with Crippen molar-refractivity contribution in [3.05, 3.63) is 35.4 Å². The predicted octanol–water partition coefficient (Wildman–Crippen LogP) is 3.15. The van der Waals surface area contributed by atoms with Crippen LogP contribution >= 0.6 is 0 Å². The zero-order chi connectivity index (χ0) is 13.7. The summed E-state index contributed by atoms with van der Waals surface area (Å²) in [5, 5.41) is 10.0. The summed E-state index contributed by atoms with van der Waals surface area (Å²) in [6, 6.07) is 8.37. The predicted molar refractivity (Wildman–Crippen MR) is 80.2 cm³/mol. The maximum atomic E-state index is 10.0. The molecule has 106 valence electrons. The van der Waals surface area contributed by atoms with E-state index in [1.165, 1.54) is 43.2 Å². The molecule has 0 heterocycles. The first kappa shape index (κ1) is 14.5. The first-order chi connectivity index (χ1) is 9.22. The van der Waals surface area contributed by atoms with Crippen LogP contribution in [-0.2, 0) is 5.41 Å². The van der Waals surface area contributed by atoms with Crippen molar-refractivity contribution >= 4 is 0 Å². The standard InChI is InChI=1S/C17H27NO/c1-14-7-5-6-10-16(14)17(12-18,13-19)11-15-8-3-2-4-9-15/h5-7,10,15,19H,2-4,8-9,11-13,18H2,1H3. The summed E-state index contributed by atoms with van der Waals surface area (Å²) < 4.78 is 0. The van der Waals surface area contributed by atoms with E-state index in [0.717, 1.165) is 12.3 Å². The maximum absolute atomic E-state index is 10.0. The summed E-state index contributed by atoms with van der Waals surface area (Å²) in [5.41, 5.74) is 8.32. The Bertz CT molecular complexity index is 392. The van der Waals surface area contributed by atoms with Gasteiger partial charge in [-0.05, 0) is 30.4 Å². The molecular weight excluding hydrogens is 234 g/mol. The van der Waals surface area contributed by atoms with Gasteiger partial charge < -0.3 is 10.8 Å². The molecule has 1 aromatic rings. The van der Waals surface area contributed by atoms with Crippen molar-refractivity contribution in [2.45, 2.75) is 50.9 Å². The van der Waals surface area contributed by atoms with Crippen LogP contribution in [0, 0.1) is 12.8 Å². The lowest BCUT2D eigenvalue weighted by molar-refractivity contribution is 0.155. The maximum Gasteiger partial charge on any atom is 0.0540 e. The van der Waals surface area contributed by atoms with Gasteiger partial charge in [-0.2, -0.15) is 0 Å². The Morgan fingerprint density at radius 3 is 2.47 bits per heavy atom. The second-order valence-electron chi connectivity index (χ2n) is 6.17. The molecule has 0 aliphatic heterocycles. The van der Waals surface area contributed by atoms with E-state index in [9.17, 15) is 5.11 Å². The summed E-state index contributed by atoms with van der Waals surface area (Å²) in [6.45, 7) is 2.81. The summed E-state index contributed by atoms with van der Waals surface area (Å²) in [5.74, 6) is 0.726. The number of rotatable bonds is 5. The molecule has 0 spiro atoms. The summed E-state index contributed by atoms with van der Waals surface area (Å²) in [7, 11) is 0. The SMILES string of the molecule is Cc1ccccc1C(CN)(CO)CC1CCCCC1. The van der Waals surface area contributed by atoms with Crippen molar-refractivity contribution in [3.63, 3.8) is 0 Å². The number of hydrogen-bond donors (Lipinski definition) is 2. The van der Waals surface area contributed by atoms with Crippen LogP contribution in [0.5, 0.6) is 0 Å². The van der Waals surface area contributed by atoms with Gasteiger partial charge in [-0.1, -0.05) is 56.4 Å². The van der Waals surface area contributed by atoms with Crippen molar-refractivity contribution in [2.24, 2.45) is 11.7 Å². The molecule has 0 radical (unpaired) electrons. The number of hydrogen-bond acceptors (Lipinski definition) is 2. The number of aliphatic hydroxyl groups is 1. The molecule has 0 saturated heterocycles. The highest BCUT2D eigenvalue weighted by molar-refractivity contribution is 5.34. The van der Waals surface area contributed by atoms with Crippen LogP contribution in [0.4, 0.5) is 0 Å². The molecule has 1 saturated carbocycles. The smallest absolute Gasteiger partial charge is 0.0540 e. The van der Waals surface area contributed by atoms with Crippen LogP contribution in [0.1, 0.15) is 49.7 Å². The highest BCUT2D eigenvalue weighted by Gasteiger charge is 2.34. The van der Waals surface area contributed by atoms with Crippen LogP contribution in [-0.4, -0.2) is 18.3 Å². The van der Waals surface area contributed by atoms with E-state index in [0.29, 0.717) is 6.54 Å². The van der Waals surface area contributed by atoms with Gasteiger partial charge in [0.25, 0.3) is 0 Å². The first-order valence-electron chi connectivity index (χ1n) is 7.59. The lowest BCUT2D eigenvalue weighted by Crippen LogP contribution is -2.41. The third-order valence-corrected chi connectivity index (χ3v) is 4.81. The van der Waals surface area contributed by atoms with E-state index in [2.05, 4.69) is 31.2 Å². The molecule has 1 aliphatic rings. The summed E-state index contributed by atoms with van der Waals surface area (Å²) >= 11 is 0. The van der Waals surface area contributed by atoms with Crippen LogP contribution in [0.3, 0.4) is 0 Å². The quantitative estimate of drug-likeness (QED) is 0.855.